The zero-order valence-corrected chi connectivity index (χ0v) is 12.2. The van der Waals surface area contributed by atoms with Crippen LogP contribution in [0.3, 0.4) is 0 Å². The lowest BCUT2D eigenvalue weighted by Crippen LogP contribution is -2.38. The van der Waals surface area contributed by atoms with E-state index in [0.29, 0.717) is 6.04 Å². The van der Waals surface area contributed by atoms with Gasteiger partial charge in [-0.2, -0.15) is 0 Å². The third kappa shape index (κ3) is 2.92. The average Bonchev–Trinajstić information content (AvgIpc) is 2.41. The largest absolute Gasteiger partial charge is 0.496 e. The minimum absolute atomic E-state index is 0.339. The number of benzene rings is 1. The number of rotatable bonds is 3. The highest BCUT2D eigenvalue weighted by Gasteiger charge is 2.20. The molecule has 0 bridgehead atoms. The van der Waals surface area contributed by atoms with E-state index < -0.39 is 0 Å². The number of hydrogen-bond donors (Lipinski definition) is 1. The fraction of sp³-hybridized carbons (Fsp3) is 0.500. The van der Waals surface area contributed by atoms with Gasteiger partial charge in [-0.15, -0.1) is 0 Å². The van der Waals surface area contributed by atoms with Gasteiger partial charge in [0.25, 0.3) is 0 Å². The van der Waals surface area contributed by atoms with Crippen molar-refractivity contribution >= 4 is 5.70 Å². The van der Waals surface area contributed by atoms with Crippen LogP contribution in [0.5, 0.6) is 5.75 Å². The van der Waals surface area contributed by atoms with Gasteiger partial charge in [-0.25, -0.2) is 0 Å². The van der Waals surface area contributed by atoms with Crippen molar-refractivity contribution in [3.63, 3.8) is 0 Å². The summed E-state index contributed by atoms with van der Waals surface area (Å²) in [5.41, 5.74) is 10.6. The van der Waals surface area contributed by atoms with Crippen molar-refractivity contribution in [2.75, 3.05) is 20.2 Å². The predicted molar refractivity (Wildman–Crippen MR) is 80.3 cm³/mol. The molecule has 1 aliphatic rings. The number of aryl methyl sites for hydroxylation is 2. The molecule has 0 atom stereocenters. The summed E-state index contributed by atoms with van der Waals surface area (Å²) in [7, 11) is 1.72. The molecule has 0 radical (unpaired) electrons. The fourth-order valence-corrected chi connectivity index (χ4v) is 2.52. The molecule has 0 amide bonds. The summed E-state index contributed by atoms with van der Waals surface area (Å²) in [6.45, 7) is 10.4. The first-order valence-corrected chi connectivity index (χ1v) is 6.88. The summed E-state index contributed by atoms with van der Waals surface area (Å²) in [6, 6.07) is 4.60. The van der Waals surface area contributed by atoms with Crippen LogP contribution in [0.4, 0.5) is 0 Å². The summed E-state index contributed by atoms with van der Waals surface area (Å²) < 4.78 is 5.50. The van der Waals surface area contributed by atoms with Gasteiger partial charge in [0.05, 0.1) is 7.11 Å². The summed E-state index contributed by atoms with van der Waals surface area (Å²) in [5.74, 6) is 0.906. The maximum Gasteiger partial charge on any atom is 0.128 e. The minimum atomic E-state index is 0.339. The summed E-state index contributed by atoms with van der Waals surface area (Å²) in [6.07, 6.45) is 2.07. The van der Waals surface area contributed by atoms with Gasteiger partial charge in [0.2, 0.25) is 0 Å². The van der Waals surface area contributed by atoms with Crippen molar-refractivity contribution in [3.05, 3.63) is 35.4 Å². The monoisotopic (exact) mass is 260 g/mol. The Morgan fingerprint density at radius 3 is 2.42 bits per heavy atom. The third-order valence-electron chi connectivity index (χ3n) is 4.05. The molecule has 1 aromatic rings. The normalized spacial score (nSPS) is 16.5. The molecule has 2 rings (SSSR count). The van der Waals surface area contributed by atoms with Gasteiger partial charge in [0.1, 0.15) is 5.75 Å². The quantitative estimate of drug-likeness (QED) is 0.908. The molecular formula is C16H24N2O. The van der Waals surface area contributed by atoms with Gasteiger partial charge >= 0.3 is 0 Å². The van der Waals surface area contributed by atoms with E-state index in [4.69, 9.17) is 10.5 Å². The zero-order chi connectivity index (χ0) is 14.0. The van der Waals surface area contributed by atoms with Crippen molar-refractivity contribution in [2.24, 2.45) is 5.73 Å². The lowest BCUT2D eigenvalue weighted by molar-refractivity contribution is 0.298. The third-order valence-corrected chi connectivity index (χ3v) is 4.05. The van der Waals surface area contributed by atoms with Gasteiger partial charge in [-0.3, -0.25) is 0 Å². The van der Waals surface area contributed by atoms with Gasteiger partial charge in [-0.05, 0) is 49.9 Å². The van der Waals surface area contributed by atoms with E-state index in [0.717, 1.165) is 42.9 Å². The molecule has 3 nitrogen and oxygen atoms in total. The van der Waals surface area contributed by atoms with Crippen LogP contribution in [-0.4, -0.2) is 31.1 Å². The molecule has 0 unspecified atom stereocenters. The summed E-state index contributed by atoms with van der Waals surface area (Å²) >= 11 is 0. The SMILES string of the molecule is C=C(c1cc(C)c(C)cc1OC)N1CCC(N)CC1. The topological polar surface area (TPSA) is 38.5 Å². The molecule has 0 aliphatic carbocycles. The van der Waals surface area contributed by atoms with Crippen molar-refractivity contribution in [1.29, 1.82) is 0 Å². The lowest BCUT2D eigenvalue weighted by atomic mass is 10.00. The number of nitrogens with zero attached hydrogens (tertiary/aromatic N) is 1. The number of ether oxygens (including phenoxy) is 1. The van der Waals surface area contributed by atoms with Crippen molar-refractivity contribution in [1.82, 2.24) is 4.90 Å². The maximum absolute atomic E-state index is 5.95. The highest BCUT2D eigenvalue weighted by atomic mass is 16.5. The van der Waals surface area contributed by atoms with Crippen LogP contribution in [0.2, 0.25) is 0 Å². The Balaban J connectivity index is 2.25. The molecule has 1 aliphatic heterocycles. The van der Waals surface area contributed by atoms with E-state index >= 15 is 0 Å². The van der Waals surface area contributed by atoms with Crippen LogP contribution >= 0.6 is 0 Å². The van der Waals surface area contributed by atoms with E-state index in [2.05, 4.69) is 37.5 Å². The highest BCUT2D eigenvalue weighted by molar-refractivity contribution is 5.69. The van der Waals surface area contributed by atoms with Gasteiger partial charge < -0.3 is 15.4 Å². The van der Waals surface area contributed by atoms with Crippen LogP contribution in [-0.2, 0) is 0 Å². The number of methoxy groups -OCH3 is 1. The van der Waals surface area contributed by atoms with Crippen molar-refractivity contribution in [3.8, 4) is 5.75 Å². The van der Waals surface area contributed by atoms with Gasteiger partial charge in [-0.1, -0.05) is 6.58 Å². The smallest absolute Gasteiger partial charge is 0.128 e. The first kappa shape index (κ1) is 13.9. The van der Waals surface area contributed by atoms with E-state index in [-0.39, 0.29) is 0 Å². The number of piperidine rings is 1. The van der Waals surface area contributed by atoms with Crippen molar-refractivity contribution < 1.29 is 4.74 Å². The molecule has 3 heteroatoms. The average molecular weight is 260 g/mol. The Labute approximate surface area is 116 Å². The first-order valence-electron chi connectivity index (χ1n) is 6.88. The minimum Gasteiger partial charge on any atom is -0.496 e. The van der Waals surface area contributed by atoms with E-state index in [1.807, 2.05) is 0 Å². The molecule has 1 fully saturated rings. The Kier molecular flexibility index (Phi) is 4.15. The molecule has 19 heavy (non-hydrogen) atoms. The van der Waals surface area contributed by atoms with Crippen LogP contribution in [0.25, 0.3) is 5.70 Å². The van der Waals surface area contributed by atoms with E-state index in [1.54, 1.807) is 7.11 Å². The Morgan fingerprint density at radius 1 is 1.26 bits per heavy atom. The molecule has 2 N–H and O–H groups in total. The molecule has 104 valence electrons. The highest BCUT2D eigenvalue weighted by Crippen LogP contribution is 2.31. The maximum atomic E-state index is 5.95. The molecule has 1 heterocycles. The summed E-state index contributed by atoms with van der Waals surface area (Å²) in [4.78, 5) is 2.32. The lowest BCUT2D eigenvalue weighted by Gasteiger charge is -2.34. The molecule has 0 saturated carbocycles. The van der Waals surface area contributed by atoms with Gasteiger partial charge in [0.15, 0.2) is 0 Å². The number of likely N-dealkylation sites (tertiary alicyclic amines) is 1. The Hall–Kier alpha value is -1.48. The van der Waals surface area contributed by atoms with Crippen LogP contribution in [0.1, 0.15) is 29.5 Å². The molecule has 1 saturated heterocycles. The standard InChI is InChI=1S/C16H24N2O/c1-11-9-15(16(19-4)10-12(11)2)13(3)18-7-5-14(17)6-8-18/h9-10,14H,3,5-8,17H2,1-2,4H3. The van der Waals surface area contributed by atoms with Crippen molar-refractivity contribution in [2.45, 2.75) is 32.7 Å². The second-order valence-electron chi connectivity index (χ2n) is 5.41. The van der Waals surface area contributed by atoms with Crippen LogP contribution in [0, 0.1) is 13.8 Å². The molecule has 0 aromatic heterocycles. The second-order valence-corrected chi connectivity index (χ2v) is 5.41. The van der Waals surface area contributed by atoms with E-state index in [9.17, 15) is 0 Å². The molecular weight excluding hydrogens is 236 g/mol. The number of hydrogen-bond acceptors (Lipinski definition) is 3. The fourth-order valence-electron chi connectivity index (χ4n) is 2.52. The Bertz CT molecular complexity index is 474. The summed E-state index contributed by atoms with van der Waals surface area (Å²) in [5, 5.41) is 0. The second kappa shape index (κ2) is 5.66. The van der Waals surface area contributed by atoms with Crippen LogP contribution in [0.15, 0.2) is 18.7 Å². The van der Waals surface area contributed by atoms with Gasteiger partial charge in [0, 0.05) is 30.4 Å². The Morgan fingerprint density at radius 2 is 1.84 bits per heavy atom. The number of nitrogens with two attached hydrogens (primary N) is 1. The predicted octanol–water partition coefficient (Wildman–Crippen LogP) is 2.71. The van der Waals surface area contributed by atoms with E-state index in [1.165, 1.54) is 11.1 Å². The molecule has 0 spiro atoms. The molecule has 1 aromatic carbocycles. The van der Waals surface area contributed by atoms with Crippen LogP contribution < -0.4 is 10.5 Å². The zero-order valence-electron chi connectivity index (χ0n) is 12.2. The first-order chi connectivity index (χ1) is 9.02.